The van der Waals surface area contributed by atoms with Crippen molar-refractivity contribution in [2.45, 2.75) is 51.6 Å². The number of hydrogen-bond donors (Lipinski definition) is 2. The van der Waals surface area contributed by atoms with E-state index in [1.165, 1.54) is 6.42 Å². The highest BCUT2D eigenvalue weighted by Gasteiger charge is 2.61. The molecular weight excluding hydrogens is 192 g/mol. The van der Waals surface area contributed by atoms with E-state index in [0.29, 0.717) is 18.3 Å². The van der Waals surface area contributed by atoms with E-state index < -0.39 is 11.6 Å². The van der Waals surface area contributed by atoms with Crippen molar-refractivity contribution in [1.82, 2.24) is 0 Å². The fourth-order valence-corrected chi connectivity index (χ4v) is 3.77. The summed E-state index contributed by atoms with van der Waals surface area (Å²) in [6, 6.07) is 0. The Morgan fingerprint density at radius 2 is 1.93 bits per heavy atom. The first-order valence-electron chi connectivity index (χ1n) is 5.82. The summed E-state index contributed by atoms with van der Waals surface area (Å²) in [5.74, 6) is 0.111. The third-order valence-electron chi connectivity index (χ3n) is 4.96. The van der Waals surface area contributed by atoms with Gasteiger partial charge in [0.2, 0.25) is 0 Å². The molecular formula is C12H20O3. The van der Waals surface area contributed by atoms with Crippen LogP contribution in [0.4, 0.5) is 0 Å². The van der Waals surface area contributed by atoms with E-state index >= 15 is 0 Å². The standard InChI is InChI=1S/C12H20O3/c1-11(2)8-3-4-9(7-8)12(11,15)6-5-10(13)14/h8-9,15H,3-7H2,1-2H3,(H,13,14). The number of fused-ring (bicyclic) bond motifs is 2. The second-order valence-corrected chi connectivity index (χ2v) is 5.75. The molecule has 3 unspecified atom stereocenters. The number of carbonyl (C=O) groups is 1. The van der Waals surface area contributed by atoms with E-state index in [1.54, 1.807) is 0 Å². The van der Waals surface area contributed by atoms with Gasteiger partial charge in [-0.15, -0.1) is 0 Å². The Balaban J connectivity index is 2.15. The van der Waals surface area contributed by atoms with Crippen molar-refractivity contribution in [1.29, 1.82) is 0 Å². The molecule has 2 saturated carbocycles. The Hall–Kier alpha value is -0.570. The van der Waals surface area contributed by atoms with Crippen LogP contribution in [0.3, 0.4) is 0 Å². The second-order valence-electron chi connectivity index (χ2n) is 5.75. The molecule has 2 N–H and O–H groups in total. The van der Waals surface area contributed by atoms with Gasteiger partial charge in [-0.2, -0.15) is 0 Å². The van der Waals surface area contributed by atoms with Crippen molar-refractivity contribution in [2.24, 2.45) is 17.3 Å². The molecule has 15 heavy (non-hydrogen) atoms. The summed E-state index contributed by atoms with van der Waals surface area (Å²) in [5.41, 5.74) is -0.848. The predicted molar refractivity (Wildman–Crippen MR) is 56.4 cm³/mol. The van der Waals surface area contributed by atoms with Crippen LogP contribution in [-0.4, -0.2) is 21.8 Å². The van der Waals surface area contributed by atoms with Crippen LogP contribution in [0.5, 0.6) is 0 Å². The van der Waals surface area contributed by atoms with E-state index in [-0.39, 0.29) is 11.8 Å². The van der Waals surface area contributed by atoms with Crippen LogP contribution in [0.2, 0.25) is 0 Å². The maximum atomic E-state index is 10.7. The number of aliphatic hydroxyl groups is 1. The summed E-state index contributed by atoms with van der Waals surface area (Å²) in [4.78, 5) is 10.6. The minimum atomic E-state index is -0.804. The molecule has 2 aliphatic rings. The lowest BCUT2D eigenvalue weighted by molar-refractivity contribution is -0.144. The number of aliphatic carboxylic acids is 1. The first-order chi connectivity index (χ1) is 6.88. The van der Waals surface area contributed by atoms with Crippen molar-refractivity contribution >= 4 is 5.97 Å². The van der Waals surface area contributed by atoms with Gasteiger partial charge in [0, 0.05) is 6.42 Å². The van der Waals surface area contributed by atoms with Gasteiger partial charge in [0.25, 0.3) is 0 Å². The number of carboxylic acids is 1. The van der Waals surface area contributed by atoms with E-state index in [1.807, 2.05) is 0 Å². The quantitative estimate of drug-likeness (QED) is 0.752. The minimum Gasteiger partial charge on any atom is -0.481 e. The minimum absolute atomic E-state index is 0.0865. The van der Waals surface area contributed by atoms with Crippen molar-refractivity contribution in [3.8, 4) is 0 Å². The van der Waals surface area contributed by atoms with Gasteiger partial charge >= 0.3 is 5.97 Å². The summed E-state index contributed by atoms with van der Waals surface area (Å²) in [6.45, 7) is 4.19. The molecule has 3 atom stereocenters. The van der Waals surface area contributed by atoms with Gasteiger partial charge in [-0.05, 0) is 42.9 Å². The smallest absolute Gasteiger partial charge is 0.303 e. The molecule has 86 valence electrons. The SMILES string of the molecule is CC1(C)C2CCC(C2)C1(O)CCC(=O)O. The molecule has 2 fully saturated rings. The molecule has 0 aromatic carbocycles. The average Bonchev–Trinajstić information content (AvgIpc) is 2.67. The number of rotatable bonds is 3. The second kappa shape index (κ2) is 3.21. The van der Waals surface area contributed by atoms with Crippen LogP contribution in [0.25, 0.3) is 0 Å². The van der Waals surface area contributed by atoms with E-state index in [0.717, 1.165) is 12.8 Å². The lowest BCUT2D eigenvalue weighted by atomic mass is 9.64. The van der Waals surface area contributed by atoms with Crippen LogP contribution in [-0.2, 0) is 4.79 Å². The molecule has 0 aromatic rings. The molecule has 2 rings (SSSR count). The highest BCUT2D eigenvalue weighted by molar-refractivity contribution is 5.66. The first-order valence-corrected chi connectivity index (χ1v) is 5.82. The third kappa shape index (κ3) is 1.40. The topological polar surface area (TPSA) is 57.5 Å². The van der Waals surface area contributed by atoms with Gasteiger partial charge in [0.05, 0.1) is 5.60 Å². The van der Waals surface area contributed by atoms with Crippen molar-refractivity contribution in [3.63, 3.8) is 0 Å². The first kappa shape index (κ1) is 10.9. The van der Waals surface area contributed by atoms with Gasteiger partial charge in [-0.1, -0.05) is 13.8 Å². The lowest BCUT2D eigenvalue weighted by Crippen LogP contribution is -2.49. The fraction of sp³-hybridized carbons (Fsp3) is 0.917. The lowest BCUT2D eigenvalue weighted by Gasteiger charge is -2.46. The van der Waals surface area contributed by atoms with E-state index in [4.69, 9.17) is 5.11 Å². The zero-order valence-corrected chi connectivity index (χ0v) is 9.49. The molecule has 3 nitrogen and oxygen atoms in total. The van der Waals surface area contributed by atoms with Crippen LogP contribution < -0.4 is 0 Å². The maximum Gasteiger partial charge on any atom is 0.303 e. The van der Waals surface area contributed by atoms with Crippen LogP contribution in [0, 0.1) is 17.3 Å². The normalized spacial score (nSPS) is 42.1. The Labute approximate surface area is 90.5 Å². The van der Waals surface area contributed by atoms with Gasteiger partial charge in [-0.25, -0.2) is 0 Å². The molecule has 2 aliphatic carbocycles. The molecule has 0 heterocycles. The van der Waals surface area contributed by atoms with Crippen molar-refractivity contribution < 1.29 is 15.0 Å². The molecule has 0 aliphatic heterocycles. The van der Waals surface area contributed by atoms with Crippen LogP contribution in [0.1, 0.15) is 46.0 Å². The zero-order valence-electron chi connectivity index (χ0n) is 9.49. The van der Waals surface area contributed by atoms with Gasteiger partial charge < -0.3 is 10.2 Å². The van der Waals surface area contributed by atoms with E-state index in [9.17, 15) is 9.90 Å². The predicted octanol–water partition coefficient (Wildman–Crippen LogP) is 2.04. The molecule has 0 amide bonds. The Kier molecular flexibility index (Phi) is 2.34. The van der Waals surface area contributed by atoms with Crippen molar-refractivity contribution in [2.75, 3.05) is 0 Å². The summed E-state index contributed by atoms with van der Waals surface area (Å²) in [5, 5.41) is 19.4. The van der Waals surface area contributed by atoms with E-state index in [2.05, 4.69) is 13.8 Å². The van der Waals surface area contributed by atoms with Crippen LogP contribution >= 0.6 is 0 Å². The molecule has 0 saturated heterocycles. The summed E-state index contributed by atoms with van der Waals surface area (Å²) < 4.78 is 0. The highest BCUT2D eigenvalue weighted by Crippen LogP contribution is 2.62. The summed E-state index contributed by atoms with van der Waals surface area (Å²) in [6.07, 6.45) is 3.86. The monoisotopic (exact) mass is 212 g/mol. The molecule has 2 bridgehead atoms. The average molecular weight is 212 g/mol. The summed E-state index contributed by atoms with van der Waals surface area (Å²) in [7, 11) is 0. The molecule has 0 spiro atoms. The highest BCUT2D eigenvalue weighted by atomic mass is 16.4. The molecule has 0 radical (unpaired) electrons. The Bertz CT molecular complexity index is 285. The Morgan fingerprint density at radius 1 is 1.33 bits per heavy atom. The zero-order chi connectivity index (χ0) is 11.3. The van der Waals surface area contributed by atoms with Crippen molar-refractivity contribution in [3.05, 3.63) is 0 Å². The number of hydrogen-bond acceptors (Lipinski definition) is 2. The fourth-order valence-electron chi connectivity index (χ4n) is 3.77. The largest absolute Gasteiger partial charge is 0.481 e. The van der Waals surface area contributed by atoms with Gasteiger partial charge in [-0.3, -0.25) is 4.79 Å². The maximum absolute atomic E-state index is 10.7. The molecule has 3 heteroatoms. The Morgan fingerprint density at radius 3 is 2.40 bits per heavy atom. The van der Waals surface area contributed by atoms with Gasteiger partial charge in [0.15, 0.2) is 0 Å². The van der Waals surface area contributed by atoms with Gasteiger partial charge in [0.1, 0.15) is 0 Å². The molecule has 0 aromatic heterocycles. The van der Waals surface area contributed by atoms with Crippen LogP contribution in [0.15, 0.2) is 0 Å². The summed E-state index contributed by atoms with van der Waals surface area (Å²) >= 11 is 0. The third-order valence-corrected chi connectivity index (χ3v) is 4.96. The number of carboxylic acid groups (broad SMARTS) is 1.